The van der Waals surface area contributed by atoms with E-state index in [1.807, 2.05) is 6.92 Å². The third-order valence-electron chi connectivity index (χ3n) is 3.90. The summed E-state index contributed by atoms with van der Waals surface area (Å²) < 4.78 is 21.1. The Kier molecular flexibility index (Phi) is 5.69. The van der Waals surface area contributed by atoms with Crippen molar-refractivity contribution < 1.29 is 28.5 Å². The zero-order valence-corrected chi connectivity index (χ0v) is 15.7. The lowest BCUT2D eigenvalue weighted by atomic mass is 10.2. The molecule has 0 aliphatic rings. The molecule has 3 rings (SSSR count). The maximum atomic E-state index is 12.3. The van der Waals surface area contributed by atoms with Crippen molar-refractivity contribution in [3.8, 4) is 23.0 Å². The summed E-state index contributed by atoms with van der Waals surface area (Å²) in [7, 11) is 2.85. The van der Waals surface area contributed by atoms with E-state index < -0.39 is 5.91 Å². The van der Waals surface area contributed by atoms with Crippen molar-refractivity contribution in [1.82, 2.24) is 5.43 Å². The van der Waals surface area contributed by atoms with Gasteiger partial charge in [-0.3, -0.25) is 4.79 Å². The third-order valence-corrected chi connectivity index (χ3v) is 3.90. The van der Waals surface area contributed by atoms with E-state index >= 15 is 0 Å². The highest BCUT2D eigenvalue weighted by Gasteiger charge is 2.13. The zero-order chi connectivity index (χ0) is 20.1. The van der Waals surface area contributed by atoms with Crippen molar-refractivity contribution in [1.29, 1.82) is 0 Å². The maximum Gasteiger partial charge on any atom is 0.307 e. The standard InChI is InChI=1S/C20H20N2O6/c1-4-27-14-5-6-15-13(9-14)10-18(28-15)20(24)22-21-11-12-7-16(25-2)19(23)17(8-12)26-3/h5-11,23H,4H2,1-3H3,(H,22,24)/b21-11+. The second kappa shape index (κ2) is 8.34. The number of ether oxygens (including phenoxy) is 3. The van der Waals surface area contributed by atoms with E-state index in [0.29, 0.717) is 23.5 Å². The van der Waals surface area contributed by atoms with Crippen LogP contribution in [0.2, 0.25) is 0 Å². The Balaban J connectivity index is 1.74. The van der Waals surface area contributed by atoms with Gasteiger partial charge < -0.3 is 23.7 Å². The monoisotopic (exact) mass is 384 g/mol. The molecule has 0 aliphatic carbocycles. The number of hydrogen-bond acceptors (Lipinski definition) is 7. The number of hydrazone groups is 1. The number of phenols is 1. The Morgan fingerprint density at radius 3 is 2.54 bits per heavy atom. The maximum absolute atomic E-state index is 12.3. The van der Waals surface area contributed by atoms with Crippen LogP contribution in [0.1, 0.15) is 23.0 Å². The Labute approximate surface area is 161 Å². The Morgan fingerprint density at radius 2 is 1.89 bits per heavy atom. The van der Waals surface area contributed by atoms with E-state index in [4.69, 9.17) is 18.6 Å². The van der Waals surface area contributed by atoms with Crippen LogP contribution in [0.25, 0.3) is 11.0 Å². The van der Waals surface area contributed by atoms with E-state index in [9.17, 15) is 9.90 Å². The lowest BCUT2D eigenvalue weighted by Crippen LogP contribution is -2.16. The Bertz CT molecular complexity index is 1000. The summed E-state index contributed by atoms with van der Waals surface area (Å²) in [5, 5.41) is 14.6. The van der Waals surface area contributed by atoms with Gasteiger partial charge in [-0.05, 0) is 43.3 Å². The first-order valence-electron chi connectivity index (χ1n) is 8.50. The summed E-state index contributed by atoms with van der Waals surface area (Å²) in [6.07, 6.45) is 1.40. The number of carbonyl (C=O) groups excluding carboxylic acids is 1. The minimum absolute atomic E-state index is 0.111. The molecular formula is C20H20N2O6. The van der Waals surface area contributed by atoms with Gasteiger partial charge in [0.1, 0.15) is 11.3 Å². The molecule has 0 fully saturated rings. The van der Waals surface area contributed by atoms with Gasteiger partial charge in [0.2, 0.25) is 5.75 Å². The molecule has 0 saturated heterocycles. The highest BCUT2D eigenvalue weighted by molar-refractivity contribution is 5.96. The number of fused-ring (bicyclic) bond motifs is 1. The third kappa shape index (κ3) is 4.01. The molecule has 0 spiro atoms. The summed E-state index contributed by atoms with van der Waals surface area (Å²) in [6.45, 7) is 2.45. The van der Waals surface area contributed by atoms with Gasteiger partial charge in [0.15, 0.2) is 17.3 Å². The number of phenolic OH excluding ortho intramolecular Hbond substituents is 1. The molecule has 8 nitrogen and oxygen atoms in total. The van der Waals surface area contributed by atoms with Gasteiger partial charge in [0, 0.05) is 10.9 Å². The fourth-order valence-corrected chi connectivity index (χ4v) is 2.60. The SMILES string of the molecule is CCOc1ccc2oc(C(=O)N/N=C/c3cc(OC)c(O)c(OC)c3)cc2c1. The van der Waals surface area contributed by atoms with E-state index in [0.717, 1.165) is 5.39 Å². The molecule has 0 aliphatic heterocycles. The predicted molar refractivity (Wildman–Crippen MR) is 104 cm³/mol. The topological polar surface area (TPSA) is 103 Å². The number of nitrogens with one attached hydrogen (secondary N) is 1. The molecule has 1 heterocycles. The first-order valence-corrected chi connectivity index (χ1v) is 8.50. The normalized spacial score (nSPS) is 11.0. The highest BCUT2D eigenvalue weighted by atomic mass is 16.5. The average Bonchev–Trinajstić information content (AvgIpc) is 3.12. The van der Waals surface area contributed by atoms with Crippen LogP contribution in [0.5, 0.6) is 23.0 Å². The predicted octanol–water partition coefficient (Wildman–Crippen LogP) is 3.32. The molecule has 1 aromatic heterocycles. The molecule has 0 bridgehead atoms. The fraction of sp³-hybridized carbons (Fsp3) is 0.200. The number of amides is 1. The summed E-state index contributed by atoms with van der Waals surface area (Å²) in [4.78, 5) is 12.3. The number of hydrogen-bond donors (Lipinski definition) is 2. The van der Waals surface area contributed by atoms with Gasteiger partial charge in [-0.15, -0.1) is 0 Å². The highest BCUT2D eigenvalue weighted by Crippen LogP contribution is 2.36. The van der Waals surface area contributed by atoms with Crippen LogP contribution >= 0.6 is 0 Å². The van der Waals surface area contributed by atoms with Gasteiger partial charge in [0.25, 0.3) is 0 Å². The minimum Gasteiger partial charge on any atom is -0.502 e. The molecule has 8 heteroatoms. The molecule has 2 aromatic carbocycles. The van der Waals surface area contributed by atoms with Crippen molar-refractivity contribution in [2.45, 2.75) is 6.92 Å². The van der Waals surface area contributed by atoms with Gasteiger partial charge in [-0.2, -0.15) is 5.10 Å². The van der Waals surface area contributed by atoms with Crippen LogP contribution < -0.4 is 19.6 Å². The summed E-state index contributed by atoms with van der Waals surface area (Å²) in [6, 6.07) is 10.1. The first-order chi connectivity index (χ1) is 13.5. The van der Waals surface area contributed by atoms with E-state index in [1.54, 1.807) is 36.4 Å². The second-order valence-electron chi connectivity index (χ2n) is 5.72. The Hall–Kier alpha value is -3.68. The number of rotatable bonds is 7. The lowest BCUT2D eigenvalue weighted by Gasteiger charge is -2.09. The van der Waals surface area contributed by atoms with E-state index in [-0.39, 0.29) is 23.0 Å². The molecule has 0 radical (unpaired) electrons. The van der Waals surface area contributed by atoms with Crippen molar-refractivity contribution in [3.63, 3.8) is 0 Å². The van der Waals surface area contributed by atoms with E-state index in [2.05, 4.69) is 10.5 Å². The number of benzene rings is 2. The molecular weight excluding hydrogens is 364 g/mol. The van der Waals surface area contributed by atoms with Crippen molar-refractivity contribution in [2.75, 3.05) is 20.8 Å². The molecule has 0 atom stereocenters. The van der Waals surface area contributed by atoms with Crippen LogP contribution in [0.15, 0.2) is 45.9 Å². The summed E-state index contributed by atoms with van der Waals surface area (Å²) in [5.74, 6) is 0.685. The average molecular weight is 384 g/mol. The smallest absolute Gasteiger partial charge is 0.307 e. The number of aromatic hydroxyl groups is 1. The molecule has 3 aromatic rings. The quantitative estimate of drug-likeness (QED) is 0.479. The number of methoxy groups -OCH3 is 2. The first kappa shape index (κ1) is 19.1. The molecule has 146 valence electrons. The zero-order valence-electron chi connectivity index (χ0n) is 15.7. The van der Waals surface area contributed by atoms with Crippen LogP contribution in [0.3, 0.4) is 0 Å². The molecule has 1 amide bonds. The van der Waals surface area contributed by atoms with E-state index in [1.165, 1.54) is 20.4 Å². The van der Waals surface area contributed by atoms with Crippen molar-refractivity contribution in [3.05, 3.63) is 47.7 Å². The van der Waals surface area contributed by atoms with Gasteiger partial charge in [-0.1, -0.05) is 0 Å². The van der Waals surface area contributed by atoms with Gasteiger partial charge in [0.05, 0.1) is 27.0 Å². The second-order valence-corrected chi connectivity index (χ2v) is 5.72. The summed E-state index contributed by atoms with van der Waals surface area (Å²) >= 11 is 0. The molecule has 2 N–H and O–H groups in total. The minimum atomic E-state index is -0.497. The fourth-order valence-electron chi connectivity index (χ4n) is 2.60. The van der Waals surface area contributed by atoms with Crippen molar-refractivity contribution in [2.24, 2.45) is 5.10 Å². The van der Waals surface area contributed by atoms with Crippen molar-refractivity contribution >= 4 is 23.1 Å². The molecule has 28 heavy (non-hydrogen) atoms. The van der Waals surface area contributed by atoms with Crippen LogP contribution in [-0.2, 0) is 0 Å². The molecule has 0 saturated carbocycles. The number of nitrogens with zero attached hydrogens (tertiary/aromatic N) is 1. The lowest BCUT2D eigenvalue weighted by molar-refractivity contribution is 0.0929. The summed E-state index contributed by atoms with van der Waals surface area (Å²) in [5.41, 5.74) is 3.54. The van der Waals surface area contributed by atoms with Gasteiger partial charge >= 0.3 is 5.91 Å². The van der Waals surface area contributed by atoms with Crippen LogP contribution in [-0.4, -0.2) is 38.1 Å². The van der Waals surface area contributed by atoms with Crippen LogP contribution in [0, 0.1) is 0 Å². The van der Waals surface area contributed by atoms with Crippen LogP contribution in [0.4, 0.5) is 0 Å². The Morgan fingerprint density at radius 1 is 1.18 bits per heavy atom. The number of carbonyl (C=O) groups is 1. The molecule has 0 unspecified atom stereocenters. The largest absolute Gasteiger partial charge is 0.502 e. The van der Waals surface area contributed by atoms with Gasteiger partial charge in [-0.25, -0.2) is 5.43 Å². The number of furan rings is 1.